The van der Waals surface area contributed by atoms with Crippen molar-refractivity contribution in [2.75, 3.05) is 13.7 Å². The molecule has 1 heterocycles. The molecule has 1 amide bonds. The molecular formula is C22H25N3O3. The lowest BCUT2D eigenvalue weighted by molar-refractivity contribution is -0.123. The van der Waals surface area contributed by atoms with Gasteiger partial charge in [-0.1, -0.05) is 18.2 Å². The summed E-state index contributed by atoms with van der Waals surface area (Å²) in [6.45, 7) is 5.95. The Morgan fingerprint density at radius 1 is 1.11 bits per heavy atom. The van der Waals surface area contributed by atoms with Crippen LogP contribution >= 0.6 is 0 Å². The third-order valence-corrected chi connectivity index (χ3v) is 4.66. The lowest BCUT2D eigenvalue weighted by atomic mass is 10.1. The maximum absolute atomic E-state index is 12.3. The van der Waals surface area contributed by atoms with Gasteiger partial charge in [0, 0.05) is 11.3 Å². The van der Waals surface area contributed by atoms with Gasteiger partial charge in [-0.2, -0.15) is 5.10 Å². The van der Waals surface area contributed by atoms with E-state index in [1.807, 2.05) is 36.7 Å². The average Bonchev–Trinajstić information content (AvgIpc) is 3.08. The van der Waals surface area contributed by atoms with Crippen molar-refractivity contribution in [1.29, 1.82) is 0 Å². The highest BCUT2D eigenvalue weighted by Crippen LogP contribution is 2.22. The van der Waals surface area contributed by atoms with Crippen molar-refractivity contribution in [3.8, 4) is 17.2 Å². The van der Waals surface area contributed by atoms with Gasteiger partial charge in [0.1, 0.15) is 11.5 Å². The largest absolute Gasteiger partial charge is 0.497 e. The number of hydrogen-bond donors (Lipinski definition) is 1. The minimum Gasteiger partial charge on any atom is -0.497 e. The number of methoxy groups -OCH3 is 1. The zero-order valence-electron chi connectivity index (χ0n) is 16.6. The molecular weight excluding hydrogens is 354 g/mol. The molecule has 0 aliphatic heterocycles. The lowest BCUT2D eigenvalue weighted by Crippen LogP contribution is -2.31. The second-order valence-corrected chi connectivity index (χ2v) is 6.64. The molecule has 3 rings (SSSR count). The van der Waals surface area contributed by atoms with Gasteiger partial charge in [-0.15, -0.1) is 0 Å². The van der Waals surface area contributed by atoms with Crippen LogP contribution in [0.25, 0.3) is 5.69 Å². The maximum atomic E-state index is 12.3. The summed E-state index contributed by atoms with van der Waals surface area (Å²) < 4.78 is 12.5. The number of benzene rings is 2. The highest BCUT2D eigenvalue weighted by molar-refractivity contribution is 5.78. The first kappa shape index (κ1) is 19.5. The van der Waals surface area contributed by atoms with E-state index in [-0.39, 0.29) is 18.6 Å². The Morgan fingerprint density at radius 3 is 2.46 bits per heavy atom. The number of carbonyl (C=O) groups is 1. The van der Waals surface area contributed by atoms with E-state index in [4.69, 9.17) is 9.47 Å². The summed E-state index contributed by atoms with van der Waals surface area (Å²) >= 11 is 0. The van der Waals surface area contributed by atoms with E-state index in [9.17, 15) is 4.79 Å². The van der Waals surface area contributed by atoms with Crippen molar-refractivity contribution in [2.24, 2.45) is 0 Å². The van der Waals surface area contributed by atoms with Gasteiger partial charge in [-0.3, -0.25) is 4.79 Å². The molecule has 2 aromatic carbocycles. The fourth-order valence-electron chi connectivity index (χ4n) is 3.07. The number of amides is 1. The number of aryl methyl sites for hydroxylation is 1. The second kappa shape index (κ2) is 8.61. The van der Waals surface area contributed by atoms with Gasteiger partial charge < -0.3 is 14.8 Å². The molecule has 146 valence electrons. The molecule has 1 N–H and O–H groups in total. The summed E-state index contributed by atoms with van der Waals surface area (Å²) in [6, 6.07) is 15.0. The molecule has 6 heteroatoms. The smallest absolute Gasteiger partial charge is 0.258 e. The first-order valence-electron chi connectivity index (χ1n) is 9.16. The van der Waals surface area contributed by atoms with E-state index < -0.39 is 0 Å². The van der Waals surface area contributed by atoms with E-state index in [1.54, 1.807) is 37.6 Å². The lowest BCUT2D eigenvalue weighted by Gasteiger charge is -2.15. The normalized spacial score (nSPS) is 11.7. The van der Waals surface area contributed by atoms with Crippen molar-refractivity contribution in [1.82, 2.24) is 15.1 Å². The van der Waals surface area contributed by atoms with Crippen molar-refractivity contribution >= 4 is 5.91 Å². The Hall–Kier alpha value is -3.28. The van der Waals surface area contributed by atoms with Gasteiger partial charge in [-0.05, 0) is 56.7 Å². The van der Waals surface area contributed by atoms with Crippen molar-refractivity contribution in [2.45, 2.75) is 26.8 Å². The summed E-state index contributed by atoms with van der Waals surface area (Å²) in [5.74, 6) is 1.17. The number of rotatable bonds is 7. The van der Waals surface area contributed by atoms with E-state index in [2.05, 4.69) is 23.4 Å². The second-order valence-electron chi connectivity index (χ2n) is 6.64. The number of nitrogens with zero attached hydrogens (tertiary/aromatic N) is 2. The Bertz CT molecular complexity index is 948. The fraction of sp³-hybridized carbons (Fsp3) is 0.273. The summed E-state index contributed by atoms with van der Waals surface area (Å²) in [5, 5.41) is 7.47. The topological polar surface area (TPSA) is 65.4 Å². The summed E-state index contributed by atoms with van der Waals surface area (Å²) in [6.07, 6.45) is 1.80. The molecule has 0 saturated heterocycles. The maximum Gasteiger partial charge on any atom is 0.258 e. The molecule has 1 unspecified atom stereocenters. The van der Waals surface area contributed by atoms with Crippen LogP contribution in [-0.4, -0.2) is 29.4 Å². The predicted octanol–water partition coefficient (Wildman–Crippen LogP) is 3.75. The van der Waals surface area contributed by atoms with Crippen LogP contribution in [0.4, 0.5) is 0 Å². The zero-order chi connectivity index (χ0) is 20.1. The molecule has 3 aromatic rings. The Morgan fingerprint density at radius 2 is 1.79 bits per heavy atom. The van der Waals surface area contributed by atoms with Crippen LogP contribution in [-0.2, 0) is 4.79 Å². The molecule has 0 radical (unpaired) electrons. The standard InChI is InChI=1S/C22H25N3O3/c1-15-7-5-6-8-21(15)25-17(3)20(13-23-25)16(2)24-22(26)14-28-19-11-9-18(27-4)10-12-19/h5-13,16H,14H2,1-4H3,(H,24,26). The summed E-state index contributed by atoms with van der Waals surface area (Å²) in [7, 11) is 1.61. The van der Waals surface area contributed by atoms with E-state index in [0.717, 1.165) is 28.3 Å². The minimum absolute atomic E-state index is 0.0539. The van der Waals surface area contributed by atoms with Crippen LogP contribution in [0, 0.1) is 13.8 Å². The van der Waals surface area contributed by atoms with Gasteiger partial charge >= 0.3 is 0 Å². The van der Waals surface area contributed by atoms with Crippen LogP contribution < -0.4 is 14.8 Å². The fourth-order valence-corrected chi connectivity index (χ4v) is 3.07. The number of aromatic nitrogens is 2. The third kappa shape index (κ3) is 4.34. The molecule has 1 aromatic heterocycles. The summed E-state index contributed by atoms with van der Waals surface area (Å²) in [5.41, 5.74) is 4.15. The SMILES string of the molecule is COc1ccc(OCC(=O)NC(C)c2cnn(-c3ccccc3C)c2C)cc1. The molecule has 0 fully saturated rings. The van der Waals surface area contributed by atoms with Crippen molar-refractivity contribution < 1.29 is 14.3 Å². The highest BCUT2D eigenvalue weighted by atomic mass is 16.5. The van der Waals surface area contributed by atoms with E-state index in [0.29, 0.717) is 5.75 Å². The molecule has 0 aliphatic rings. The van der Waals surface area contributed by atoms with Gasteiger partial charge in [0.25, 0.3) is 5.91 Å². The molecule has 0 aliphatic carbocycles. The monoisotopic (exact) mass is 379 g/mol. The third-order valence-electron chi connectivity index (χ3n) is 4.66. The van der Waals surface area contributed by atoms with Crippen molar-refractivity contribution in [3.05, 3.63) is 71.5 Å². The predicted molar refractivity (Wildman–Crippen MR) is 108 cm³/mol. The van der Waals surface area contributed by atoms with Gasteiger partial charge in [0.05, 0.1) is 25.0 Å². The van der Waals surface area contributed by atoms with Crippen LogP contribution in [0.2, 0.25) is 0 Å². The van der Waals surface area contributed by atoms with Gasteiger partial charge in [0.15, 0.2) is 6.61 Å². The molecule has 1 atom stereocenters. The first-order valence-corrected chi connectivity index (χ1v) is 9.16. The summed E-state index contributed by atoms with van der Waals surface area (Å²) in [4.78, 5) is 12.3. The first-order chi connectivity index (χ1) is 13.5. The quantitative estimate of drug-likeness (QED) is 0.679. The van der Waals surface area contributed by atoms with E-state index >= 15 is 0 Å². The van der Waals surface area contributed by atoms with Crippen LogP contribution in [0.15, 0.2) is 54.7 Å². The number of ether oxygens (including phenoxy) is 2. The molecule has 6 nitrogen and oxygen atoms in total. The number of para-hydroxylation sites is 1. The zero-order valence-corrected chi connectivity index (χ0v) is 16.6. The van der Waals surface area contributed by atoms with E-state index in [1.165, 1.54) is 0 Å². The minimum atomic E-state index is -0.189. The average molecular weight is 379 g/mol. The van der Waals surface area contributed by atoms with Crippen LogP contribution in [0.1, 0.15) is 29.8 Å². The van der Waals surface area contributed by atoms with Crippen LogP contribution in [0.5, 0.6) is 11.5 Å². The van der Waals surface area contributed by atoms with Crippen LogP contribution in [0.3, 0.4) is 0 Å². The van der Waals surface area contributed by atoms with Gasteiger partial charge in [-0.25, -0.2) is 4.68 Å². The van der Waals surface area contributed by atoms with Crippen molar-refractivity contribution in [3.63, 3.8) is 0 Å². The Labute approximate surface area is 165 Å². The number of nitrogens with one attached hydrogen (secondary N) is 1. The number of hydrogen-bond acceptors (Lipinski definition) is 4. The van der Waals surface area contributed by atoms with Gasteiger partial charge in [0.2, 0.25) is 0 Å². The molecule has 0 spiro atoms. The Kier molecular flexibility index (Phi) is 5.99. The number of carbonyl (C=O) groups excluding carboxylic acids is 1. The Balaban J connectivity index is 1.62. The molecule has 0 bridgehead atoms. The molecule has 28 heavy (non-hydrogen) atoms. The highest BCUT2D eigenvalue weighted by Gasteiger charge is 2.17. The molecule has 0 saturated carbocycles.